The van der Waals surface area contributed by atoms with E-state index in [9.17, 15) is 22.8 Å². The van der Waals surface area contributed by atoms with Gasteiger partial charge in [0.1, 0.15) is 0 Å². The number of allylic oxidation sites excluding steroid dienone is 1. The van der Waals surface area contributed by atoms with E-state index in [1.807, 2.05) is 62.4 Å². The molecule has 1 aliphatic carbocycles. The smallest absolute Gasteiger partial charge is 0.357 e. The predicted molar refractivity (Wildman–Crippen MR) is 137 cm³/mol. The minimum atomic E-state index is -4.49. The molecule has 3 aromatic rings. The molecule has 7 heteroatoms. The number of nitrogens with one attached hydrogen (secondary N) is 1. The lowest BCUT2D eigenvalue weighted by molar-refractivity contribution is -0.137. The van der Waals surface area contributed by atoms with Crippen LogP contribution in [0.1, 0.15) is 49.4 Å². The fourth-order valence-electron chi connectivity index (χ4n) is 5.29. The standard InChI is InChI=1S/C30H27F3N2O2/c1-29(2)17-23-27(25(36)18-29)28(20-12-14-21(15-13-20)30(31,32)33)35(24-11-7-6-10-22(24)34-23)26(37)16-19-8-4-3-5-9-19/h3-15,28,34H,16-18H2,1-2H3/t28-/m1/s1. The number of nitrogens with zero attached hydrogens (tertiary/aromatic N) is 1. The maximum Gasteiger partial charge on any atom is 0.416 e. The van der Waals surface area contributed by atoms with E-state index in [4.69, 9.17) is 0 Å². The van der Waals surface area contributed by atoms with Crippen molar-refractivity contribution >= 4 is 23.1 Å². The number of para-hydroxylation sites is 2. The van der Waals surface area contributed by atoms with Crippen LogP contribution in [0.4, 0.5) is 24.5 Å². The number of carbonyl (C=O) groups excluding carboxylic acids is 2. The van der Waals surface area contributed by atoms with Gasteiger partial charge in [-0.05, 0) is 47.2 Å². The quantitative estimate of drug-likeness (QED) is 0.414. The van der Waals surface area contributed by atoms with Crippen molar-refractivity contribution in [1.29, 1.82) is 0 Å². The van der Waals surface area contributed by atoms with Gasteiger partial charge in [0.2, 0.25) is 5.91 Å². The van der Waals surface area contributed by atoms with Crippen LogP contribution >= 0.6 is 0 Å². The van der Waals surface area contributed by atoms with E-state index in [2.05, 4.69) is 5.32 Å². The molecule has 0 radical (unpaired) electrons. The Morgan fingerprint density at radius 3 is 2.27 bits per heavy atom. The third kappa shape index (κ3) is 4.90. The first-order chi connectivity index (χ1) is 17.5. The molecule has 0 saturated carbocycles. The molecule has 4 nitrogen and oxygen atoms in total. The van der Waals surface area contributed by atoms with Gasteiger partial charge < -0.3 is 5.32 Å². The Balaban J connectivity index is 1.71. The molecule has 0 unspecified atom stereocenters. The fraction of sp³-hybridized carbons (Fsp3) is 0.267. The molecule has 37 heavy (non-hydrogen) atoms. The molecule has 3 aromatic carbocycles. The van der Waals surface area contributed by atoms with Gasteiger partial charge in [0.25, 0.3) is 0 Å². The van der Waals surface area contributed by atoms with Crippen molar-refractivity contribution < 1.29 is 22.8 Å². The van der Waals surface area contributed by atoms with Crippen molar-refractivity contribution in [1.82, 2.24) is 0 Å². The molecule has 2 aliphatic rings. The third-order valence-electron chi connectivity index (χ3n) is 6.92. The number of rotatable bonds is 3. The van der Waals surface area contributed by atoms with E-state index in [1.54, 1.807) is 11.0 Å². The summed E-state index contributed by atoms with van der Waals surface area (Å²) in [6.45, 7) is 4.03. The summed E-state index contributed by atoms with van der Waals surface area (Å²) in [6, 6.07) is 20.5. The topological polar surface area (TPSA) is 49.4 Å². The molecular formula is C30H27F3N2O2. The lowest BCUT2D eigenvalue weighted by atomic mass is 9.73. The summed E-state index contributed by atoms with van der Waals surface area (Å²) in [5.41, 5.74) is 2.56. The van der Waals surface area contributed by atoms with Gasteiger partial charge in [-0.15, -0.1) is 0 Å². The maximum absolute atomic E-state index is 14.0. The first-order valence-electron chi connectivity index (χ1n) is 12.2. The van der Waals surface area contributed by atoms with Crippen molar-refractivity contribution in [3.8, 4) is 0 Å². The Bertz CT molecular complexity index is 1380. The van der Waals surface area contributed by atoms with Crippen LogP contribution < -0.4 is 10.2 Å². The van der Waals surface area contributed by atoms with Crippen LogP contribution in [0.15, 0.2) is 90.1 Å². The Morgan fingerprint density at radius 2 is 1.59 bits per heavy atom. The average molecular weight is 505 g/mol. The first-order valence-corrected chi connectivity index (χ1v) is 12.2. The summed E-state index contributed by atoms with van der Waals surface area (Å²) in [5, 5.41) is 3.42. The molecule has 1 heterocycles. The van der Waals surface area contributed by atoms with E-state index < -0.39 is 17.8 Å². The van der Waals surface area contributed by atoms with Crippen molar-refractivity contribution in [2.75, 3.05) is 10.2 Å². The minimum absolute atomic E-state index is 0.0780. The summed E-state index contributed by atoms with van der Waals surface area (Å²) in [6.07, 6.45) is -3.56. The number of carbonyl (C=O) groups is 2. The van der Waals surface area contributed by atoms with Crippen molar-refractivity contribution in [2.45, 2.75) is 45.3 Å². The molecule has 0 saturated heterocycles. The Kier molecular flexibility index (Phi) is 6.18. The third-order valence-corrected chi connectivity index (χ3v) is 6.92. The molecule has 0 bridgehead atoms. The van der Waals surface area contributed by atoms with E-state index in [0.29, 0.717) is 34.6 Å². The van der Waals surface area contributed by atoms with Gasteiger partial charge in [0.05, 0.1) is 29.4 Å². The SMILES string of the molecule is CC1(C)CC(=O)C2=C(C1)Nc1ccccc1N(C(=O)Cc1ccccc1)[C@@H]2c1ccc(C(F)(F)F)cc1. The van der Waals surface area contributed by atoms with Crippen molar-refractivity contribution in [3.63, 3.8) is 0 Å². The number of amides is 1. The largest absolute Gasteiger partial charge is 0.416 e. The molecule has 190 valence electrons. The van der Waals surface area contributed by atoms with Gasteiger partial charge in [-0.1, -0.05) is 68.4 Å². The van der Waals surface area contributed by atoms with Gasteiger partial charge in [-0.25, -0.2) is 0 Å². The number of fused-ring (bicyclic) bond motifs is 1. The lowest BCUT2D eigenvalue weighted by Gasteiger charge is -2.37. The Labute approximate surface area is 213 Å². The van der Waals surface area contributed by atoms with Crippen LogP contribution in [0.2, 0.25) is 0 Å². The van der Waals surface area contributed by atoms with Crippen LogP contribution in [0.25, 0.3) is 0 Å². The maximum atomic E-state index is 14.0. The Morgan fingerprint density at radius 1 is 0.946 bits per heavy atom. The zero-order valence-electron chi connectivity index (χ0n) is 20.6. The molecular weight excluding hydrogens is 477 g/mol. The highest BCUT2D eigenvalue weighted by atomic mass is 19.4. The van der Waals surface area contributed by atoms with Crippen LogP contribution in [0.5, 0.6) is 0 Å². The highest BCUT2D eigenvalue weighted by Gasteiger charge is 2.43. The predicted octanol–water partition coefficient (Wildman–Crippen LogP) is 7.09. The number of alkyl halides is 3. The van der Waals surface area contributed by atoms with Gasteiger partial charge in [-0.2, -0.15) is 13.2 Å². The van der Waals surface area contributed by atoms with E-state index >= 15 is 0 Å². The summed E-state index contributed by atoms with van der Waals surface area (Å²) in [7, 11) is 0. The van der Waals surface area contributed by atoms with Crippen LogP contribution in [-0.2, 0) is 22.2 Å². The average Bonchev–Trinajstić information content (AvgIpc) is 2.98. The van der Waals surface area contributed by atoms with Crippen LogP contribution in [0, 0.1) is 5.41 Å². The molecule has 0 fully saturated rings. The number of Topliss-reactive ketones (excluding diaryl/α,β-unsaturated/α-hetero) is 1. The highest BCUT2D eigenvalue weighted by Crippen LogP contribution is 2.48. The zero-order chi connectivity index (χ0) is 26.4. The van der Waals surface area contributed by atoms with E-state index in [-0.39, 0.29) is 29.9 Å². The number of hydrogen-bond donors (Lipinski definition) is 1. The second kappa shape index (κ2) is 9.21. The molecule has 1 N–H and O–H groups in total. The van der Waals surface area contributed by atoms with Gasteiger partial charge >= 0.3 is 6.18 Å². The molecule has 0 aromatic heterocycles. The number of halogens is 3. The second-order valence-corrected chi connectivity index (χ2v) is 10.4. The minimum Gasteiger partial charge on any atom is -0.357 e. The number of anilines is 2. The summed E-state index contributed by atoms with van der Waals surface area (Å²) in [4.78, 5) is 29.2. The highest BCUT2D eigenvalue weighted by molar-refractivity contribution is 6.06. The van der Waals surface area contributed by atoms with Gasteiger partial charge in [0, 0.05) is 17.7 Å². The Hall–Kier alpha value is -3.87. The lowest BCUT2D eigenvalue weighted by Crippen LogP contribution is -2.40. The van der Waals surface area contributed by atoms with Gasteiger partial charge in [0.15, 0.2) is 5.78 Å². The van der Waals surface area contributed by atoms with Crippen LogP contribution in [-0.4, -0.2) is 11.7 Å². The molecule has 1 aliphatic heterocycles. The first kappa shape index (κ1) is 24.8. The number of benzene rings is 3. The molecule has 5 rings (SSSR count). The monoisotopic (exact) mass is 504 g/mol. The summed E-state index contributed by atoms with van der Waals surface area (Å²) >= 11 is 0. The second-order valence-electron chi connectivity index (χ2n) is 10.4. The molecule has 1 amide bonds. The fourth-order valence-corrected chi connectivity index (χ4v) is 5.29. The van der Waals surface area contributed by atoms with E-state index in [1.165, 1.54) is 12.1 Å². The number of ketones is 1. The number of hydrogen-bond acceptors (Lipinski definition) is 3. The zero-order valence-corrected chi connectivity index (χ0v) is 20.6. The normalized spacial score (nSPS) is 19.0. The summed E-state index contributed by atoms with van der Waals surface area (Å²) in [5.74, 6) is -0.370. The van der Waals surface area contributed by atoms with Crippen molar-refractivity contribution in [2.24, 2.45) is 5.41 Å². The van der Waals surface area contributed by atoms with Crippen LogP contribution in [0.3, 0.4) is 0 Å². The van der Waals surface area contributed by atoms with Crippen molar-refractivity contribution in [3.05, 3.63) is 107 Å². The van der Waals surface area contributed by atoms with E-state index in [0.717, 1.165) is 17.7 Å². The summed E-state index contributed by atoms with van der Waals surface area (Å²) < 4.78 is 40.0. The molecule has 1 atom stereocenters. The molecule has 0 spiro atoms. The van der Waals surface area contributed by atoms with Gasteiger partial charge in [-0.3, -0.25) is 14.5 Å².